The summed E-state index contributed by atoms with van der Waals surface area (Å²) in [4.78, 5) is 107. The number of ether oxygens (including phenoxy) is 6. The molecule has 0 bridgehead atoms. The predicted molar refractivity (Wildman–Crippen MR) is 549 cm³/mol. The summed E-state index contributed by atoms with van der Waals surface area (Å²) in [5, 5.41) is 42.2. The Bertz CT molecular complexity index is 6460. The number of carbonyl (C=O) groups excluding carboxylic acids is 6. The van der Waals surface area contributed by atoms with Gasteiger partial charge in [0.25, 0.3) is 0 Å². The number of likely N-dealkylation sites (tertiary alicyclic amines) is 2. The highest BCUT2D eigenvalue weighted by Crippen LogP contribution is 2.38. The second-order valence-electron chi connectivity index (χ2n) is 29.9. The molecule has 13 heterocycles. The monoisotopic (exact) mass is 2270 g/mol. The Labute approximate surface area is 839 Å². The van der Waals surface area contributed by atoms with Crippen molar-refractivity contribution in [1.82, 2.24) is 54.2 Å². The van der Waals surface area contributed by atoms with Gasteiger partial charge in [0.2, 0.25) is 23.6 Å². The fourth-order valence-corrected chi connectivity index (χ4v) is 35.6. The summed E-state index contributed by atoms with van der Waals surface area (Å²) in [6.45, 7) is 3.01. The van der Waals surface area contributed by atoms with Crippen molar-refractivity contribution in [2.75, 3.05) is 62.0 Å². The number of pyridine rings is 2. The lowest BCUT2D eigenvalue weighted by Gasteiger charge is -2.24. The topological polar surface area (TPSA) is 360 Å². The van der Waals surface area contributed by atoms with E-state index < -0.39 is 115 Å². The van der Waals surface area contributed by atoms with Crippen LogP contribution >= 0.6 is 43.5 Å². The molecular weight excluding hydrogens is 2190 g/mol. The lowest BCUT2D eigenvalue weighted by Crippen LogP contribution is -2.44. The molecule has 4 aromatic carbocycles. The van der Waals surface area contributed by atoms with Gasteiger partial charge in [0.05, 0.1) is 51.2 Å². The van der Waals surface area contributed by atoms with Crippen LogP contribution in [0.25, 0.3) is 55.2 Å². The van der Waals surface area contributed by atoms with E-state index in [-0.39, 0.29) is 127 Å². The summed E-state index contributed by atoms with van der Waals surface area (Å²) in [5.41, 5.74) is 5.22. The first-order chi connectivity index (χ1) is 63.7. The molecule has 1 unspecified atom stereocenters. The van der Waals surface area contributed by atoms with Gasteiger partial charge >= 0.3 is 12.0 Å². The number of aliphatic hydroxyl groups excluding tert-OH is 3. The maximum Gasteiger partial charge on any atom is 0.316 e. The van der Waals surface area contributed by atoms with Gasteiger partial charge < -0.3 is 83.9 Å². The molecule has 4 amide bonds. The van der Waals surface area contributed by atoms with E-state index in [1.54, 1.807) is 176 Å². The zero-order valence-electron chi connectivity index (χ0n) is 68.6. The summed E-state index contributed by atoms with van der Waals surface area (Å²) in [6, 6.07) is 30.2. The van der Waals surface area contributed by atoms with E-state index in [0.29, 0.717) is 88.2 Å². The predicted octanol–water partition coefficient (Wildman–Crippen LogP) is 10.7. The SMILES string of the molecule is C.C.CC(=O)c1cn(CC(=O)N2C[C@H](F)C[C@H]2C(=O)Nc2cccc(-c3ccccc3Cl)c2F)c2ccc(-c3cnc(O[C@@H]4CO[C@H]5[C@@H]4OC[C@H]5O)nc3)cc12.CC(=O)c1cn(CC(=O)N2C[C@H](F)C[C@H]2C(=O)Nc2cccc(Br)n2)c2ccc(-c3cnc(O[C@@H]4CO[C@H]5[C@@H]4OC[C@H]5O)nc3)cc12.OC(Nc1cccc(Br)n1)[C@@H]1C[C@@H](F)CN1.S=S=S=S=S=S.S=S=S=S=S=S=S=S=S. The number of nitrogens with one attached hydrogen (secondary N) is 4. The van der Waals surface area contributed by atoms with Crippen molar-refractivity contribution in [3.05, 3.63) is 184 Å². The largest absolute Gasteiger partial charge is 0.455 e. The van der Waals surface area contributed by atoms with Gasteiger partial charge in [-0.2, -0.15) is 0 Å². The van der Waals surface area contributed by atoms with Crippen molar-refractivity contribution in [2.24, 2.45) is 0 Å². The number of aromatic nitrogens is 8. The van der Waals surface area contributed by atoms with Crippen LogP contribution in [0.5, 0.6) is 12.0 Å². The van der Waals surface area contributed by atoms with E-state index in [0.717, 1.165) is 10.5 Å². The van der Waals surface area contributed by atoms with Crippen molar-refractivity contribution in [2.45, 2.75) is 153 Å². The van der Waals surface area contributed by atoms with Crippen LogP contribution in [0.4, 0.5) is 34.9 Å². The van der Waals surface area contributed by atoms with Gasteiger partial charge in [-0.1, -0.05) is 81.1 Å². The number of halogens is 7. The molecular formula is C83H85Br2ClF4N14O15S15. The van der Waals surface area contributed by atoms with Gasteiger partial charge in [-0.3, -0.25) is 28.8 Å². The summed E-state index contributed by atoms with van der Waals surface area (Å²) in [5.74, 6) is -2.55. The highest BCUT2D eigenvalue weighted by atomic mass is 79.9. The standard InChI is InChI=1S/C39H34ClF2N5O7.C32H30BrFN6O7.C10H13BrFN3O.2CH4.S9.S6/c1-20(48)27-16-46(30-10-9-21(11-26(27)30)22-13-43-39(44-14-22)54-33-19-53-36-32(49)18-52-37(33)36)17-34(50)47-15-23(41)12-31(47)38(51)45-29-8-4-6-25(35(29)42)24-5-2-3-7-28(24)40;1-16(41)21-12-39(13-28(43)40-11-19(34)8-23(40)31(44)38-27-4-2-3-26(33)37-27)22-6-5-17(7-20(21)22)18-9-35-32(36-10-18)47-25-15-46-29-24(42)14-45-30(25)29;11-8-2-1-3-9(14-8)15-10(16)7-4-6(12)5-13-7;;;1-3-5-7-9-8-6-4-2;1-3-5-6-4-2/h2-11,13-14,16,23,31-33,36-37,49H,12,15,17-19H2,1H3,(H,45,51);2-7,9-10,12,19,23-25,29-30,42H,8,11,13-15H2,1H3,(H,37,38,44);1-3,6-7,10,13,16H,4-5H2,(H,14,15);2*1H4;;/t23-,31+,32-,33-,36-,37-;19-,23+,24-,25-,29-,30-;6-,7+,10?;;;;/m111..../s1. The van der Waals surface area contributed by atoms with Crippen LogP contribution in [-0.4, -0.2) is 237 Å². The molecule has 134 heavy (non-hydrogen) atoms. The minimum atomic E-state index is -1.47. The molecule has 7 fully saturated rings. The average molecular weight is 2270 g/mol. The van der Waals surface area contributed by atoms with E-state index in [9.17, 15) is 57.3 Å². The number of rotatable bonds is 20. The van der Waals surface area contributed by atoms with E-state index in [4.69, 9.17) is 40.0 Å². The molecule has 716 valence electrons. The van der Waals surface area contributed by atoms with Crippen LogP contribution in [0.15, 0.2) is 162 Å². The number of nitrogens with zero attached hydrogens (tertiary/aromatic N) is 10. The summed E-state index contributed by atoms with van der Waals surface area (Å²) in [6.07, 6.45) is 0.975. The second-order valence-corrected chi connectivity index (χ2v) is 51.3. The van der Waals surface area contributed by atoms with Gasteiger partial charge in [-0.25, -0.2) is 47.5 Å². The second kappa shape index (κ2) is 51.8. The van der Waals surface area contributed by atoms with Crippen LogP contribution in [-0.2, 0) is 194 Å². The number of benzene rings is 4. The molecule has 0 radical (unpaired) electrons. The first kappa shape index (κ1) is 107. The van der Waals surface area contributed by atoms with Crippen LogP contribution < -0.4 is 30.7 Å². The zero-order chi connectivity index (χ0) is 93.8. The van der Waals surface area contributed by atoms with Crippen LogP contribution in [0.1, 0.15) is 68.7 Å². The third kappa shape index (κ3) is 28.0. The highest BCUT2D eigenvalue weighted by molar-refractivity contribution is 9.10. The minimum Gasteiger partial charge on any atom is -0.455 e. The Hall–Kier alpha value is -7.01. The van der Waals surface area contributed by atoms with E-state index >= 15 is 4.39 Å². The number of amides is 4. The lowest BCUT2D eigenvalue weighted by atomic mass is 10.0. The van der Waals surface area contributed by atoms with Crippen molar-refractivity contribution >= 4 is 260 Å². The lowest BCUT2D eigenvalue weighted by molar-refractivity contribution is -0.137. The molecule has 7 N–H and O–H groups in total. The quantitative estimate of drug-likeness (QED) is 0.0161. The van der Waals surface area contributed by atoms with Gasteiger partial charge in [-0.15, -0.1) is 0 Å². The summed E-state index contributed by atoms with van der Waals surface area (Å²) in [7, 11) is 16.5. The third-order valence-electron chi connectivity index (χ3n) is 21.4. The molecule has 0 spiro atoms. The number of aliphatic hydroxyl groups is 3. The molecule has 0 saturated carbocycles. The minimum absolute atomic E-state index is 0. The highest BCUT2D eigenvalue weighted by Gasteiger charge is 2.51. The number of Topliss-reactive ketones (excluding diaryl/α,β-unsaturated/α-hetero) is 2. The Kier molecular flexibility index (Phi) is 41.5. The van der Waals surface area contributed by atoms with E-state index in [1.165, 1.54) is 84.2 Å². The number of ketones is 2. The smallest absolute Gasteiger partial charge is 0.316 e. The molecule has 51 heteroatoms. The van der Waals surface area contributed by atoms with Crippen molar-refractivity contribution in [1.29, 1.82) is 0 Å². The fraction of sp³-hybridized carbons (Fsp3) is 0.373. The molecule has 15 atom stereocenters. The number of alkyl halides is 3. The Morgan fingerprint density at radius 3 is 1.43 bits per heavy atom. The Balaban J connectivity index is 0.000000194. The molecule has 7 saturated heterocycles. The van der Waals surface area contributed by atoms with Gasteiger partial charge in [0.1, 0.15) is 107 Å². The van der Waals surface area contributed by atoms with Crippen LogP contribution in [0.2, 0.25) is 5.02 Å². The van der Waals surface area contributed by atoms with E-state index in [1.807, 2.05) is 18.2 Å². The van der Waals surface area contributed by atoms with Crippen LogP contribution in [0, 0.1) is 5.82 Å². The number of carbonyl (C=O) groups is 6. The maximum atomic E-state index is 15.6. The third-order valence-corrected chi connectivity index (χ3v) is 42.6. The summed E-state index contributed by atoms with van der Waals surface area (Å²) >= 11 is 31.1. The molecule has 29 nitrogen and oxygen atoms in total. The van der Waals surface area contributed by atoms with Gasteiger partial charge in [0.15, 0.2) is 29.6 Å². The first-order valence-corrected chi connectivity index (χ1v) is 59.0. The number of anilines is 3. The van der Waals surface area contributed by atoms with Gasteiger partial charge in [-0.05, 0) is 124 Å². The van der Waals surface area contributed by atoms with Crippen molar-refractivity contribution < 1.29 is 90.1 Å². The molecule has 6 aromatic heterocycles. The normalized spacial score (nSPS) is 22.2. The number of hydrogen-bond donors (Lipinski definition) is 7. The first-order valence-electron chi connectivity index (χ1n) is 39.7. The zero-order valence-corrected chi connectivity index (χ0v) is 84.7. The molecule has 17 rings (SSSR count). The molecule has 7 aliphatic rings. The number of hydrogen-bond acceptors (Lipinski definition) is 27. The number of fused-ring (bicyclic) bond motifs is 4. The maximum absolute atomic E-state index is 15.6. The molecule has 7 aliphatic heterocycles. The Morgan fingerprint density at radius 2 is 0.978 bits per heavy atom. The fourth-order valence-electron chi connectivity index (χ4n) is 15.5. The molecule has 10 aromatic rings. The van der Waals surface area contributed by atoms with Crippen molar-refractivity contribution in [3.8, 4) is 45.4 Å². The Morgan fingerprint density at radius 1 is 0.545 bits per heavy atom. The summed E-state index contributed by atoms with van der Waals surface area (Å²) < 4.78 is 96.5. The average Bonchev–Trinajstić information content (AvgIpc) is 1.61. The van der Waals surface area contributed by atoms with Crippen LogP contribution in [0.3, 0.4) is 0 Å². The van der Waals surface area contributed by atoms with Crippen molar-refractivity contribution in [3.63, 3.8) is 0 Å². The molecule has 0 aliphatic carbocycles. The van der Waals surface area contributed by atoms with Gasteiger partial charge in [0, 0.05) is 259 Å². The van der Waals surface area contributed by atoms with E-state index in [2.05, 4.69) is 128 Å².